The number of hydrogen-bond donors (Lipinski definition) is 1. The summed E-state index contributed by atoms with van der Waals surface area (Å²) in [6.07, 6.45) is 4.55. The van der Waals surface area contributed by atoms with Gasteiger partial charge in [-0.1, -0.05) is 13.0 Å². The van der Waals surface area contributed by atoms with E-state index in [1.54, 1.807) is 24.3 Å². The minimum Gasteiger partial charge on any atom is -0.478 e. The van der Waals surface area contributed by atoms with E-state index in [2.05, 4.69) is 17.1 Å². The summed E-state index contributed by atoms with van der Waals surface area (Å²) in [6, 6.07) is 6.58. The molecule has 0 unspecified atom stereocenters. The second kappa shape index (κ2) is 5.68. The molecule has 1 aromatic carbocycles. The Morgan fingerprint density at radius 1 is 1.24 bits per heavy atom. The third-order valence-corrected chi connectivity index (χ3v) is 4.16. The van der Waals surface area contributed by atoms with Gasteiger partial charge in [-0.25, -0.2) is 4.79 Å². The Bertz CT molecular complexity index is 642. The van der Waals surface area contributed by atoms with Gasteiger partial charge in [0.25, 0.3) is 0 Å². The number of benzene rings is 1. The summed E-state index contributed by atoms with van der Waals surface area (Å²) in [5.41, 5.74) is 0.872. The van der Waals surface area contributed by atoms with E-state index >= 15 is 0 Å². The van der Waals surface area contributed by atoms with Crippen LogP contribution in [0.1, 0.15) is 54.8 Å². The van der Waals surface area contributed by atoms with E-state index < -0.39 is 5.97 Å². The summed E-state index contributed by atoms with van der Waals surface area (Å²) in [5.74, 6) is 1.23. The molecule has 1 aliphatic carbocycles. The summed E-state index contributed by atoms with van der Waals surface area (Å²) < 4.78 is 5.76. The number of hydrogen-bond acceptors (Lipinski definition) is 4. The molecule has 0 spiro atoms. The molecule has 1 aromatic heterocycles. The van der Waals surface area contributed by atoms with Gasteiger partial charge in [-0.2, -0.15) is 0 Å². The maximum Gasteiger partial charge on any atom is 0.335 e. The van der Waals surface area contributed by atoms with E-state index in [4.69, 9.17) is 9.52 Å². The van der Waals surface area contributed by atoms with Gasteiger partial charge in [-0.15, -0.1) is 10.2 Å². The average molecular weight is 286 g/mol. The molecule has 0 amide bonds. The van der Waals surface area contributed by atoms with Crippen molar-refractivity contribution in [2.24, 2.45) is 5.92 Å². The van der Waals surface area contributed by atoms with Crippen LogP contribution >= 0.6 is 0 Å². The summed E-state index contributed by atoms with van der Waals surface area (Å²) in [6.45, 7) is 2.27. The molecule has 0 saturated heterocycles. The number of carbonyl (C=O) groups is 1. The van der Waals surface area contributed by atoms with Crippen molar-refractivity contribution in [1.29, 1.82) is 0 Å². The van der Waals surface area contributed by atoms with Crippen LogP contribution in [-0.4, -0.2) is 21.3 Å². The van der Waals surface area contributed by atoms with Crippen molar-refractivity contribution in [3.63, 3.8) is 0 Å². The van der Waals surface area contributed by atoms with Gasteiger partial charge in [0.15, 0.2) is 0 Å². The quantitative estimate of drug-likeness (QED) is 0.930. The van der Waals surface area contributed by atoms with Crippen molar-refractivity contribution in [1.82, 2.24) is 10.2 Å². The predicted octanol–water partition coefficient (Wildman–Crippen LogP) is 3.73. The molecule has 0 aliphatic heterocycles. The highest BCUT2D eigenvalue weighted by atomic mass is 16.4. The van der Waals surface area contributed by atoms with E-state index in [-0.39, 0.29) is 5.56 Å². The number of carboxylic acids is 1. The van der Waals surface area contributed by atoms with Crippen LogP contribution in [0.3, 0.4) is 0 Å². The summed E-state index contributed by atoms with van der Waals surface area (Å²) in [4.78, 5) is 11.0. The van der Waals surface area contributed by atoms with Gasteiger partial charge in [-0.05, 0) is 49.8 Å². The van der Waals surface area contributed by atoms with Gasteiger partial charge in [0, 0.05) is 11.5 Å². The molecule has 1 heterocycles. The Morgan fingerprint density at radius 2 is 2.00 bits per heavy atom. The fraction of sp³-hybridized carbons (Fsp3) is 0.438. The van der Waals surface area contributed by atoms with Crippen LogP contribution in [0.5, 0.6) is 0 Å². The van der Waals surface area contributed by atoms with Crippen LogP contribution in [0.15, 0.2) is 28.7 Å². The van der Waals surface area contributed by atoms with Crippen LogP contribution in [0.25, 0.3) is 11.5 Å². The van der Waals surface area contributed by atoms with Gasteiger partial charge >= 0.3 is 5.97 Å². The first kappa shape index (κ1) is 13.8. The standard InChI is InChI=1S/C16H18N2O3/c1-10-5-7-11(8-6-10)14-17-18-15(21-14)12-3-2-4-13(9-12)16(19)20/h2-4,9-11H,5-8H2,1H3,(H,19,20). The molecule has 1 fully saturated rings. The van der Waals surface area contributed by atoms with Crippen molar-refractivity contribution in [2.45, 2.75) is 38.5 Å². The van der Waals surface area contributed by atoms with E-state index in [1.807, 2.05) is 0 Å². The molecule has 5 heteroatoms. The van der Waals surface area contributed by atoms with Crippen LogP contribution in [0.4, 0.5) is 0 Å². The molecular weight excluding hydrogens is 268 g/mol. The van der Waals surface area contributed by atoms with Crippen molar-refractivity contribution in [3.05, 3.63) is 35.7 Å². The lowest BCUT2D eigenvalue weighted by atomic mass is 9.83. The molecule has 110 valence electrons. The third-order valence-electron chi connectivity index (χ3n) is 4.16. The summed E-state index contributed by atoms with van der Waals surface area (Å²) >= 11 is 0. The smallest absolute Gasteiger partial charge is 0.335 e. The number of rotatable bonds is 3. The molecule has 1 aliphatic rings. The first-order valence-electron chi connectivity index (χ1n) is 7.30. The maximum absolute atomic E-state index is 11.0. The Kier molecular flexibility index (Phi) is 3.73. The van der Waals surface area contributed by atoms with Crippen LogP contribution in [0.2, 0.25) is 0 Å². The van der Waals surface area contributed by atoms with Crippen molar-refractivity contribution < 1.29 is 14.3 Å². The SMILES string of the molecule is CC1CCC(c2nnc(-c3cccc(C(=O)O)c3)o2)CC1. The predicted molar refractivity (Wildman–Crippen MR) is 77.1 cm³/mol. The molecule has 3 rings (SSSR count). The molecule has 2 aromatic rings. The number of carboxylic acid groups (broad SMARTS) is 1. The van der Waals surface area contributed by atoms with E-state index in [9.17, 15) is 4.79 Å². The van der Waals surface area contributed by atoms with E-state index in [0.717, 1.165) is 18.8 Å². The molecule has 0 atom stereocenters. The number of nitrogens with zero attached hydrogens (tertiary/aromatic N) is 2. The lowest BCUT2D eigenvalue weighted by molar-refractivity contribution is 0.0697. The second-order valence-corrected chi connectivity index (χ2v) is 5.79. The van der Waals surface area contributed by atoms with E-state index in [1.165, 1.54) is 12.8 Å². The average Bonchev–Trinajstić information content (AvgIpc) is 2.98. The molecule has 1 saturated carbocycles. The van der Waals surface area contributed by atoms with Crippen molar-refractivity contribution in [2.75, 3.05) is 0 Å². The molecule has 0 radical (unpaired) electrons. The van der Waals surface area contributed by atoms with Gasteiger partial charge in [-0.3, -0.25) is 0 Å². The lowest BCUT2D eigenvalue weighted by Gasteiger charge is -2.23. The lowest BCUT2D eigenvalue weighted by Crippen LogP contribution is -2.10. The fourth-order valence-corrected chi connectivity index (χ4v) is 2.81. The van der Waals surface area contributed by atoms with Crippen LogP contribution in [0, 0.1) is 5.92 Å². The Labute approximate surface area is 123 Å². The minimum atomic E-state index is -0.960. The van der Waals surface area contributed by atoms with Crippen LogP contribution in [-0.2, 0) is 0 Å². The minimum absolute atomic E-state index is 0.221. The Balaban J connectivity index is 1.81. The largest absolute Gasteiger partial charge is 0.478 e. The number of aromatic nitrogens is 2. The Morgan fingerprint density at radius 3 is 2.71 bits per heavy atom. The number of aromatic carboxylic acids is 1. The summed E-state index contributed by atoms with van der Waals surface area (Å²) in [7, 11) is 0. The molecular formula is C16H18N2O3. The normalized spacial score (nSPS) is 22.1. The zero-order chi connectivity index (χ0) is 14.8. The van der Waals surface area contributed by atoms with Gasteiger partial charge in [0.2, 0.25) is 11.8 Å². The Hall–Kier alpha value is -2.17. The highest BCUT2D eigenvalue weighted by Gasteiger charge is 2.24. The highest BCUT2D eigenvalue weighted by Crippen LogP contribution is 2.35. The first-order valence-corrected chi connectivity index (χ1v) is 7.30. The van der Waals surface area contributed by atoms with Crippen molar-refractivity contribution >= 4 is 5.97 Å². The molecule has 0 bridgehead atoms. The van der Waals surface area contributed by atoms with Gasteiger partial charge in [0.05, 0.1) is 5.56 Å². The monoisotopic (exact) mass is 286 g/mol. The molecule has 1 N–H and O–H groups in total. The van der Waals surface area contributed by atoms with E-state index in [0.29, 0.717) is 23.3 Å². The molecule has 5 nitrogen and oxygen atoms in total. The first-order chi connectivity index (χ1) is 10.1. The van der Waals surface area contributed by atoms with Crippen molar-refractivity contribution in [3.8, 4) is 11.5 Å². The van der Waals surface area contributed by atoms with Gasteiger partial charge in [0.1, 0.15) is 0 Å². The summed E-state index contributed by atoms with van der Waals surface area (Å²) in [5, 5.41) is 17.2. The van der Waals surface area contributed by atoms with Gasteiger partial charge < -0.3 is 9.52 Å². The highest BCUT2D eigenvalue weighted by molar-refractivity contribution is 5.88. The fourth-order valence-electron chi connectivity index (χ4n) is 2.81. The maximum atomic E-state index is 11.0. The second-order valence-electron chi connectivity index (χ2n) is 5.79. The topological polar surface area (TPSA) is 76.2 Å². The zero-order valence-electron chi connectivity index (χ0n) is 12.0. The molecule has 21 heavy (non-hydrogen) atoms. The zero-order valence-corrected chi connectivity index (χ0v) is 12.0. The van der Waals surface area contributed by atoms with Crippen LogP contribution < -0.4 is 0 Å². The third kappa shape index (κ3) is 2.96.